The first kappa shape index (κ1) is 15.6. The van der Waals surface area contributed by atoms with E-state index in [1.165, 1.54) is 7.11 Å². The van der Waals surface area contributed by atoms with E-state index in [-0.39, 0.29) is 5.57 Å². The van der Waals surface area contributed by atoms with Crippen LogP contribution in [0, 0.1) is 6.92 Å². The van der Waals surface area contributed by atoms with Gasteiger partial charge in [0.2, 0.25) is 0 Å². The normalized spacial score (nSPS) is 11.1. The highest BCUT2D eigenvalue weighted by Crippen LogP contribution is 2.31. The van der Waals surface area contributed by atoms with Crippen LogP contribution in [0.25, 0.3) is 11.6 Å². The molecule has 1 N–H and O–H groups in total. The first-order valence-corrected chi connectivity index (χ1v) is 6.79. The standard InChI is InChI=1S/C18H18O4/c1-12-5-4-6-13(9-12)10-16(18(19)20)15-8-7-14(21-2)11-17(15)22-3/h4-11H,1-3H3,(H,19,20)/b16-10-. The van der Waals surface area contributed by atoms with Crippen LogP contribution in [0.15, 0.2) is 42.5 Å². The molecular weight excluding hydrogens is 280 g/mol. The van der Waals surface area contributed by atoms with Gasteiger partial charge in [-0.2, -0.15) is 0 Å². The van der Waals surface area contributed by atoms with Crippen LogP contribution >= 0.6 is 0 Å². The van der Waals surface area contributed by atoms with Crippen molar-refractivity contribution in [2.75, 3.05) is 14.2 Å². The summed E-state index contributed by atoms with van der Waals surface area (Å²) in [6.07, 6.45) is 1.64. The van der Waals surface area contributed by atoms with Crippen molar-refractivity contribution in [1.82, 2.24) is 0 Å². The molecule has 0 atom stereocenters. The molecule has 0 aliphatic carbocycles. The van der Waals surface area contributed by atoms with Gasteiger partial charge in [0.15, 0.2) is 0 Å². The molecule has 0 fully saturated rings. The van der Waals surface area contributed by atoms with Crippen molar-refractivity contribution in [3.63, 3.8) is 0 Å². The quantitative estimate of drug-likeness (QED) is 0.676. The van der Waals surface area contributed by atoms with Crippen LogP contribution in [-0.2, 0) is 4.79 Å². The first-order valence-electron chi connectivity index (χ1n) is 6.79. The Balaban J connectivity index is 2.55. The van der Waals surface area contributed by atoms with Crippen LogP contribution in [0.1, 0.15) is 16.7 Å². The molecule has 0 saturated carbocycles. The van der Waals surface area contributed by atoms with Crippen molar-refractivity contribution in [2.45, 2.75) is 6.92 Å². The van der Waals surface area contributed by atoms with Crippen LogP contribution in [0.2, 0.25) is 0 Å². The lowest BCUT2D eigenvalue weighted by molar-refractivity contribution is -0.130. The van der Waals surface area contributed by atoms with Crippen molar-refractivity contribution in [2.24, 2.45) is 0 Å². The van der Waals surface area contributed by atoms with Crippen LogP contribution < -0.4 is 9.47 Å². The average molecular weight is 298 g/mol. The van der Waals surface area contributed by atoms with E-state index in [1.807, 2.05) is 31.2 Å². The molecule has 0 aliphatic heterocycles. The molecule has 114 valence electrons. The minimum absolute atomic E-state index is 0.171. The molecule has 0 heterocycles. The lowest BCUT2D eigenvalue weighted by atomic mass is 10.0. The highest BCUT2D eigenvalue weighted by atomic mass is 16.5. The average Bonchev–Trinajstić information content (AvgIpc) is 2.52. The van der Waals surface area contributed by atoms with Gasteiger partial charge in [0.1, 0.15) is 11.5 Å². The largest absolute Gasteiger partial charge is 0.497 e. The van der Waals surface area contributed by atoms with Crippen LogP contribution in [-0.4, -0.2) is 25.3 Å². The van der Waals surface area contributed by atoms with E-state index in [0.29, 0.717) is 17.1 Å². The second kappa shape index (κ2) is 6.80. The maximum atomic E-state index is 11.7. The van der Waals surface area contributed by atoms with Crippen molar-refractivity contribution < 1.29 is 19.4 Å². The Morgan fingerprint density at radius 3 is 2.45 bits per heavy atom. The van der Waals surface area contributed by atoms with Gasteiger partial charge in [-0.05, 0) is 30.7 Å². The van der Waals surface area contributed by atoms with E-state index in [9.17, 15) is 9.90 Å². The number of hydrogen-bond donors (Lipinski definition) is 1. The molecule has 0 amide bonds. The number of methoxy groups -OCH3 is 2. The van der Waals surface area contributed by atoms with Gasteiger partial charge >= 0.3 is 5.97 Å². The Hall–Kier alpha value is -2.75. The zero-order valence-corrected chi connectivity index (χ0v) is 12.8. The van der Waals surface area contributed by atoms with E-state index in [0.717, 1.165) is 11.1 Å². The van der Waals surface area contributed by atoms with Crippen molar-refractivity contribution >= 4 is 17.6 Å². The molecule has 22 heavy (non-hydrogen) atoms. The second-order valence-electron chi connectivity index (χ2n) is 4.84. The van der Waals surface area contributed by atoms with Gasteiger partial charge in [0.05, 0.1) is 19.8 Å². The summed E-state index contributed by atoms with van der Waals surface area (Å²) in [6.45, 7) is 1.96. The smallest absolute Gasteiger partial charge is 0.336 e. The van der Waals surface area contributed by atoms with E-state index in [4.69, 9.17) is 9.47 Å². The van der Waals surface area contributed by atoms with Gasteiger partial charge in [-0.25, -0.2) is 4.79 Å². The third-order valence-electron chi connectivity index (χ3n) is 3.28. The number of carboxylic acids is 1. The molecule has 0 unspecified atom stereocenters. The van der Waals surface area contributed by atoms with Crippen molar-refractivity contribution in [1.29, 1.82) is 0 Å². The van der Waals surface area contributed by atoms with Gasteiger partial charge in [-0.1, -0.05) is 29.8 Å². The Kier molecular flexibility index (Phi) is 4.84. The number of carboxylic acid groups (broad SMARTS) is 1. The van der Waals surface area contributed by atoms with Crippen LogP contribution in [0.3, 0.4) is 0 Å². The van der Waals surface area contributed by atoms with Gasteiger partial charge < -0.3 is 14.6 Å². The fraction of sp³-hybridized carbons (Fsp3) is 0.167. The van der Waals surface area contributed by atoms with E-state index < -0.39 is 5.97 Å². The summed E-state index contributed by atoms with van der Waals surface area (Å²) >= 11 is 0. The predicted octanol–water partition coefficient (Wildman–Crippen LogP) is 3.64. The van der Waals surface area contributed by atoms with Gasteiger partial charge in [0.25, 0.3) is 0 Å². The summed E-state index contributed by atoms with van der Waals surface area (Å²) < 4.78 is 10.4. The number of hydrogen-bond acceptors (Lipinski definition) is 3. The fourth-order valence-electron chi connectivity index (χ4n) is 2.20. The minimum atomic E-state index is -1.01. The molecule has 2 aromatic carbocycles. The predicted molar refractivity (Wildman–Crippen MR) is 86.2 cm³/mol. The SMILES string of the molecule is COc1ccc(/C(=C/c2cccc(C)c2)C(=O)O)c(OC)c1. The lowest BCUT2D eigenvalue weighted by Crippen LogP contribution is -2.02. The molecular formula is C18H18O4. The highest BCUT2D eigenvalue weighted by Gasteiger charge is 2.16. The topological polar surface area (TPSA) is 55.8 Å². The molecule has 0 aliphatic rings. The molecule has 0 spiro atoms. The molecule has 2 rings (SSSR count). The molecule has 4 heteroatoms. The van der Waals surface area contributed by atoms with Crippen molar-refractivity contribution in [3.8, 4) is 11.5 Å². The third-order valence-corrected chi connectivity index (χ3v) is 3.28. The maximum absolute atomic E-state index is 11.7. The number of rotatable bonds is 5. The molecule has 0 aromatic heterocycles. The minimum Gasteiger partial charge on any atom is -0.497 e. The molecule has 2 aromatic rings. The van der Waals surface area contributed by atoms with E-state index in [1.54, 1.807) is 31.4 Å². The Bertz CT molecular complexity index is 717. The molecule has 0 bridgehead atoms. The zero-order chi connectivity index (χ0) is 16.1. The summed E-state index contributed by atoms with van der Waals surface area (Å²) in [6, 6.07) is 12.7. The van der Waals surface area contributed by atoms with Gasteiger partial charge in [-0.3, -0.25) is 0 Å². The summed E-state index contributed by atoms with van der Waals surface area (Å²) in [7, 11) is 3.06. The van der Waals surface area contributed by atoms with Gasteiger partial charge in [0, 0.05) is 11.6 Å². The number of benzene rings is 2. The van der Waals surface area contributed by atoms with Crippen molar-refractivity contribution in [3.05, 3.63) is 59.2 Å². The number of carbonyl (C=O) groups is 1. The zero-order valence-electron chi connectivity index (χ0n) is 12.8. The Morgan fingerprint density at radius 1 is 1.09 bits per heavy atom. The number of aryl methyl sites for hydroxylation is 1. The molecule has 4 nitrogen and oxygen atoms in total. The second-order valence-corrected chi connectivity index (χ2v) is 4.84. The Labute approximate surface area is 129 Å². The summed E-state index contributed by atoms with van der Waals surface area (Å²) in [5.41, 5.74) is 2.58. The van der Waals surface area contributed by atoms with Crippen LogP contribution in [0.4, 0.5) is 0 Å². The van der Waals surface area contributed by atoms with E-state index in [2.05, 4.69) is 0 Å². The summed E-state index contributed by atoms with van der Waals surface area (Å²) in [5.74, 6) is 0.0616. The maximum Gasteiger partial charge on any atom is 0.336 e. The fourth-order valence-corrected chi connectivity index (χ4v) is 2.20. The lowest BCUT2D eigenvalue weighted by Gasteiger charge is -2.11. The van der Waals surface area contributed by atoms with Crippen LogP contribution in [0.5, 0.6) is 11.5 Å². The monoisotopic (exact) mass is 298 g/mol. The summed E-state index contributed by atoms with van der Waals surface area (Å²) in [5, 5.41) is 9.55. The highest BCUT2D eigenvalue weighted by molar-refractivity contribution is 6.21. The molecule has 0 radical (unpaired) electrons. The Morgan fingerprint density at radius 2 is 1.86 bits per heavy atom. The third kappa shape index (κ3) is 3.47. The number of aliphatic carboxylic acids is 1. The molecule has 0 saturated heterocycles. The first-order chi connectivity index (χ1) is 10.5. The van der Waals surface area contributed by atoms with E-state index >= 15 is 0 Å². The summed E-state index contributed by atoms with van der Waals surface area (Å²) in [4.78, 5) is 11.7. The number of ether oxygens (including phenoxy) is 2. The van der Waals surface area contributed by atoms with Gasteiger partial charge in [-0.15, -0.1) is 0 Å².